The fourth-order valence-electron chi connectivity index (χ4n) is 5.04. The maximum Gasteiger partial charge on any atom is 0.264 e. The first-order valence-electron chi connectivity index (χ1n) is 15.2. The van der Waals surface area contributed by atoms with Crippen LogP contribution in [0.15, 0.2) is 108 Å². The van der Waals surface area contributed by atoms with Gasteiger partial charge in [-0.3, -0.25) is 13.9 Å². The number of nitrogens with one attached hydrogen (secondary N) is 1. The molecule has 0 radical (unpaired) electrons. The van der Waals surface area contributed by atoms with Gasteiger partial charge in [0.15, 0.2) is 11.5 Å². The highest BCUT2D eigenvalue weighted by molar-refractivity contribution is 7.92. The third kappa shape index (κ3) is 9.27. The normalized spacial score (nSPS) is 11.9. The minimum Gasteiger partial charge on any atom is -0.493 e. The fourth-order valence-corrected chi connectivity index (χ4v) is 6.68. The molecule has 0 unspecified atom stereocenters. The van der Waals surface area contributed by atoms with E-state index in [4.69, 9.17) is 21.1 Å². The van der Waals surface area contributed by atoms with Gasteiger partial charge in [-0.1, -0.05) is 86.1 Å². The molecule has 4 aromatic rings. The van der Waals surface area contributed by atoms with Crippen LogP contribution >= 0.6 is 11.6 Å². The van der Waals surface area contributed by atoms with Gasteiger partial charge in [0.1, 0.15) is 12.6 Å². The molecule has 0 aliphatic heterocycles. The number of para-hydroxylation sites is 1. The Kier molecular flexibility index (Phi) is 12.3. The lowest BCUT2D eigenvalue weighted by molar-refractivity contribution is -0.140. The lowest BCUT2D eigenvalue weighted by Gasteiger charge is -2.34. The number of amides is 2. The van der Waals surface area contributed by atoms with Crippen molar-refractivity contribution < 1.29 is 27.5 Å². The van der Waals surface area contributed by atoms with E-state index in [1.54, 1.807) is 48.5 Å². The lowest BCUT2D eigenvalue weighted by atomic mass is 10.0. The van der Waals surface area contributed by atoms with Crippen LogP contribution in [0.4, 0.5) is 5.69 Å². The second-order valence-electron chi connectivity index (χ2n) is 11.4. The van der Waals surface area contributed by atoms with Gasteiger partial charge in [0, 0.05) is 30.6 Å². The molecule has 9 nitrogen and oxygen atoms in total. The summed E-state index contributed by atoms with van der Waals surface area (Å²) in [6.45, 7) is 3.82. The van der Waals surface area contributed by atoms with E-state index < -0.39 is 28.5 Å². The van der Waals surface area contributed by atoms with Crippen LogP contribution in [0.3, 0.4) is 0 Å². The number of benzene rings is 4. The van der Waals surface area contributed by atoms with Crippen molar-refractivity contribution in [2.75, 3.05) is 31.6 Å². The number of nitrogens with zero attached hydrogens (tertiary/aromatic N) is 2. The topological polar surface area (TPSA) is 105 Å². The summed E-state index contributed by atoms with van der Waals surface area (Å²) in [5.41, 5.74) is 1.82. The quantitative estimate of drug-likeness (QED) is 0.166. The van der Waals surface area contributed by atoms with Crippen LogP contribution in [-0.2, 0) is 32.6 Å². The first-order chi connectivity index (χ1) is 22.5. The van der Waals surface area contributed by atoms with Crippen molar-refractivity contribution in [1.29, 1.82) is 0 Å². The molecular weight excluding hydrogens is 638 g/mol. The molecule has 0 bridgehead atoms. The van der Waals surface area contributed by atoms with Gasteiger partial charge < -0.3 is 19.7 Å². The maximum absolute atomic E-state index is 14.6. The molecule has 47 heavy (non-hydrogen) atoms. The van der Waals surface area contributed by atoms with Crippen molar-refractivity contribution in [2.45, 2.75) is 37.8 Å². The molecule has 0 spiro atoms. The summed E-state index contributed by atoms with van der Waals surface area (Å²) in [5.74, 6) is -0.156. The van der Waals surface area contributed by atoms with Crippen molar-refractivity contribution >= 4 is 39.1 Å². The second kappa shape index (κ2) is 16.3. The lowest BCUT2D eigenvalue weighted by Crippen LogP contribution is -2.53. The van der Waals surface area contributed by atoms with Crippen molar-refractivity contribution in [3.63, 3.8) is 0 Å². The van der Waals surface area contributed by atoms with E-state index in [1.165, 1.54) is 37.3 Å². The Labute approximate surface area is 282 Å². The van der Waals surface area contributed by atoms with Crippen molar-refractivity contribution in [3.05, 3.63) is 119 Å². The molecule has 248 valence electrons. The van der Waals surface area contributed by atoms with E-state index in [0.717, 1.165) is 9.87 Å². The van der Waals surface area contributed by atoms with Gasteiger partial charge in [-0.2, -0.15) is 0 Å². The van der Waals surface area contributed by atoms with Gasteiger partial charge >= 0.3 is 0 Å². The first kappa shape index (κ1) is 35.3. The van der Waals surface area contributed by atoms with E-state index in [2.05, 4.69) is 5.32 Å². The van der Waals surface area contributed by atoms with Crippen LogP contribution < -0.4 is 19.1 Å². The van der Waals surface area contributed by atoms with Crippen LogP contribution in [0, 0.1) is 5.92 Å². The first-order valence-corrected chi connectivity index (χ1v) is 17.0. The summed E-state index contributed by atoms with van der Waals surface area (Å²) in [7, 11) is -1.45. The number of methoxy groups -OCH3 is 2. The van der Waals surface area contributed by atoms with Gasteiger partial charge in [-0.15, -0.1) is 0 Å². The molecule has 0 saturated carbocycles. The average molecular weight is 678 g/mol. The predicted octanol–water partition coefficient (Wildman–Crippen LogP) is 5.96. The molecule has 1 atom stereocenters. The zero-order valence-electron chi connectivity index (χ0n) is 26.9. The van der Waals surface area contributed by atoms with Crippen LogP contribution in [0.5, 0.6) is 11.5 Å². The number of rotatable bonds is 15. The van der Waals surface area contributed by atoms with Crippen molar-refractivity contribution in [1.82, 2.24) is 10.2 Å². The third-order valence-corrected chi connectivity index (χ3v) is 9.47. The number of hydrogen-bond acceptors (Lipinski definition) is 6. The molecule has 0 aliphatic rings. The highest BCUT2D eigenvalue weighted by atomic mass is 35.5. The Morgan fingerprint density at radius 3 is 2.06 bits per heavy atom. The number of halogens is 1. The minimum absolute atomic E-state index is 0.0189. The molecule has 0 aliphatic carbocycles. The Morgan fingerprint density at radius 1 is 0.809 bits per heavy atom. The molecular formula is C36H40ClN3O6S. The summed E-state index contributed by atoms with van der Waals surface area (Å²) < 4.78 is 40.3. The largest absolute Gasteiger partial charge is 0.493 e. The van der Waals surface area contributed by atoms with Crippen molar-refractivity contribution in [2.24, 2.45) is 5.92 Å². The standard InChI is InChI=1S/C36H40ClN3O6S/c1-26(2)23-38-36(42)32(21-27-12-7-5-8-13-27)39(24-28-14-11-15-29(37)20-28)35(41)25-40(30-16-9-6-10-17-30)47(43,44)31-18-19-33(45-3)34(22-31)46-4/h5-20,22,26,32H,21,23-25H2,1-4H3,(H,38,42)/t32-/m1/s1. The summed E-state index contributed by atoms with van der Waals surface area (Å²) in [6, 6.07) is 28.1. The van der Waals surface area contributed by atoms with E-state index in [-0.39, 0.29) is 41.1 Å². The number of ether oxygens (including phenoxy) is 2. The Balaban J connectivity index is 1.80. The van der Waals surface area contributed by atoms with Crippen LogP contribution in [0.25, 0.3) is 0 Å². The number of anilines is 1. The Hall–Kier alpha value is -4.54. The van der Waals surface area contributed by atoms with Crippen LogP contribution in [-0.4, -0.2) is 58.5 Å². The molecule has 0 saturated heterocycles. The van der Waals surface area contributed by atoms with Crippen LogP contribution in [0.1, 0.15) is 25.0 Å². The molecule has 2 amide bonds. The Morgan fingerprint density at radius 2 is 1.45 bits per heavy atom. The Bertz CT molecular complexity index is 1750. The average Bonchev–Trinajstić information content (AvgIpc) is 3.07. The van der Waals surface area contributed by atoms with Crippen molar-refractivity contribution in [3.8, 4) is 11.5 Å². The van der Waals surface area contributed by atoms with Gasteiger partial charge in [0.2, 0.25) is 11.8 Å². The molecule has 11 heteroatoms. The highest BCUT2D eigenvalue weighted by Gasteiger charge is 2.35. The van der Waals surface area contributed by atoms with E-state index >= 15 is 0 Å². The summed E-state index contributed by atoms with van der Waals surface area (Å²) in [6.07, 6.45) is 0.213. The highest BCUT2D eigenvalue weighted by Crippen LogP contribution is 2.32. The van der Waals surface area contributed by atoms with Gasteiger partial charge in [-0.25, -0.2) is 8.42 Å². The molecule has 1 N–H and O–H groups in total. The predicted molar refractivity (Wildman–Crippen MR) is 184 cm³/mol. The molecule has 0 fully saturated rings. The van der Waals surface area contributed by atoms with E-state index in [0.29, 0.717) is 22.9 Å². The van der Waals surface area contributed by atoms with E-state index in [1.807, 2.05) is 50.2 Å². The molecule has 0 heterocycles. The number of hydrogen-bond donors (Lipinski definition) is 1. The number of carbonyl (C=O) groups excluding carboxylic acids is 2. The zero-order valence-corrected chi connectivity index (χ0v) is 28.5. The number of sulfonamides is 1. The smallest absolute Gasteiger partial charge is 0.264 e. The zero-order chi connectivity index (χ0) is 34.0. The summed E-state index contributed by atoms with van der Waals surface area (Å²) in [4.78, 5) is 29.8. The van der Waals surface area contributed by atoms with Gasteiger partial charge in [-0.05, 0) is 53.4 Å². The van der Waals surface area contributed by atoms with Gasteiger partial charge in [0.05, 0.1) is 24.8 Å². The summed E-state index contributed by atoms with van der Waals surface area (Å²) >= 11 is 6.31. The van der Waals surface area contributed by atoms with E-state index in [9.17, 15) is 18.0 Å². The fraction of sp³-hybridized carbons (Fsp3) is 0.278. The monoisotopic (exact) mass is 677 g/mol. The molecule has 4 rings (SSSR count). The third-order valence-electron chi connectivity index (χ3n) is 7.46. The van der Waals surface area contributed by atoms with Gasteiger partial charge in [0.25, 0.3) is 10.0 Å². The van der Waals surface area contributed by atoms with Crippen LogP contribution in [0.2, 0.25) is 5.02 Å². The number of carbonyl (C=O) groups is 2. The second-order valence-corrected chi connectivity index (χ2v) is 13.7. The maximum atomic E-state index is 14.6. The minimum atomic E-state index is -4.32. The summed E-state index contributed by atoms with van der Waals surface area (Å²) in [5, 5.41) is 3.46. The SMILES string of the molecule is COc1ccc(S(=O)(=O)N(CC(=O)N(Cc2cccc(Cl)c2)[C@H](Cc2ccccc2)C(=O)NCC(C)C)c2ccccc2)cc1OC. The molecule has 0 aromatic heterocycles. The molecule has 4 aromatic carbocycles.